The van der Waals surface area contributed by atoms with Gasteiger partial charge in [0.1, 0.15) is 11.5 Å². The molecule has 0 aliphatic rings. The second-order valence-corrected chi connectivity index (χ2v) is 6.24. The van der Waals surface area contributed by atoms with Crippen molar-refractivity contribution in [1.29, 1.82) is 0 Å². The molecule has 0 saturated carbocycles. The van der Waals surface area contributed by atoms with Crippen molar-refractivity contribution in [2.24, 2.45) is 5.10 Å². The van der Waals surface area contributed by atoms with Gasteiger partial charge in [0.2, 0.25) is 4.77 Å². The second-order valence-electron chi connectivity index (χ2n) is 5.00. The van der Waals surface area contributed by atoms with Crippen molar-refractivity contribution >= 4 is 34.4 Å². The van der Waals surface area contributed by atoms with Crippen LogP contribution in [0.2, 0.25) is 0 Å². The molecule has 2 aromatic carbocycles. The fourth-order valence-electron chi connectivity index (χ4n) is 2.28. The van der Waals surface area contributed by atoms with Gasteiger partial charge in [-0.1, -0.05) is 28.1 Å². The minimum atomic E-state index is 0.392. The van der Waals surface area contributed by atoms with Crippen LogP contribution < -0.4 is 9.47 Å². The maximum atomic E-state index is 5.37. The van der Waals surface area contributed by atoms with Crippen molar-refractivity contribution in [1.82, 2.24) is 14.9 Å². The predicted molar refractivity (Wildman–Crippen MR) is 103 cm³/mol. The number of hydrogen-bond donors (Lipinski definition) is 1. The molecule has 8 heteroatoms. The first-order valence-electron chi connectivity index (χ1n) is 7.32. The van der Waals surface area contributed by atoms with Crippen molar-refractivity contribution in [3.63, 3.8) is 0 Å². The molecule has 3 aromatic rings. The van der Waals surface area contributed by atoms with Crippen LogP contribution in [0, 0.1) is 4.77 Å². The van der Waals surface area contributed by atoms with Crippen LogP contribution in [0.4, 0.5) is 0 Å². The van der Waals surface area contributed by atoms with Crippen LogP contribution in [-0.2, 0) is 0 Å². The van der Waals surface area contributed by atoms with Gasteiger partial charge in [-0.2, -0.15) is 14.9 Å². The predicted octanol–water partition coefficient (Wildman–Crippen LogP) is 4.27. The molecule has 25 heavy (non-hydrogen) atoms. The lowest BCUT2D eigenvalue weighted by Crippen LogP contribution is -1.97. The Morgan fingerprint density at radius 3 is 2.72 bits per heavy atom. The number of H-pyrrole nitrogens is 1. The van der Waals surface area contributed by atoms with Crippen LogP contribution in [0.1, 0.15) is 5.56 Å². The van der Waals surface area contributed by atoms with Gasteiger partial charge in [-0.3, -0.25) is 0 Å². The van der Waals surface area contributed by atoms with Gasteiger partial charge in [-0.05, 0) is 42.5 Å². The highest BCUT2D eigenvalue weighted by Crippen LogP contribution is 2.27. The normalized spacial score (nSPS) is 11.0. The monoisotopic (exact) mass is 418 g/mol. The Balaban J connectivity index is 2.05. The fraction of sp³-hybridized carbons (Fsp3) is 0.118. The molecule has 0 aliphatic heterocycles. The van der Waals surface area contributed by atoms with Gasteiger partial charge in [-0.25, -0.2) is 5.10 Å². The molecule has 0 fully saturated rings. The van der Waals surface area contributed by atoms with Gasteiger partial charge < -0.3 is 9.47 Å². The molecule has 6 nitrogen and oxygen atoms in total. The Bertz CT molecular complexity index is 981. The number of aromatic amines is 1. The van der Waals surface area contributed by atoms with Crippen molar-refractivity contribution in [2.75, 3.05) is 14.2 Å². The van der Waals surface area contributed by atoms with E-state index in [2.05, 4.69) is 31.2 Å². The first-order chi connectivity index (χ1) is 12.1. The molecule has 1 N–H and O–H groups in total. The first kappa shape index (κ1) is 17.4. The van der Waals surface area contributed by atoms with Crippen LogP contribution >= 0.6 is 28.1 Å². The SMILES string of the molecule is COc1ccc(OC)c(C=Nn2c(-c3ccccc3Br)n[nH]c2=S)c1. The summed E-state index contributed by atoms with van der Waals surface area (Å²) in [5.41, 5.74) is 1.65. The number of benzene rings is 2. The summed E-state index contributed by atoms with van der Waals surface area (Å²) in [4.78, 5) is 0. The van der Waals surface area contributed by atoms with E-state index >= 15 is 0 Å². The highest BCUT2D eigenvalue weighted by molar-refractivity contribution is 9.10. The van der Waals surface area contributed by atoms with Crippen molar-refractivity contribution in [3.8, 4) is 22.9 Å². The number of rotatable bonds is 5. The molecule has 0 saturated heterocycles. The lowest BCUT2D eigenvalue weighted by molar-refractivity contribution is 0.402. The summed E-state index contributed by atoms with van der Waals surface area (Å²) in [7, 11) is 3.22. The molecular formula is C17H15BrN4O2S. The summed E-state index contributed by atoms with van der Waals surface area (Å²) in [6.07, 6.45) is 1.66. The zero-order valence-electron chi connectivity index (χ0n) is 13.6. The standard InChI is InChI=1S/C17H15BrN4O2S/c1-23-12-7-8-15(24-2)11(9-12)10-19-22-16(20-21-17(22)25)13-5-3-4-6-14(13)18/h3-10H,1-2H3,(H,21,25). The largest absolute Gasteiger partial charge is 0.497 e. The highest BCUT2D eigenvalue weighted by Gasteiger charge is 2.11. The van der Waals surface area contributed by atoms with E-state index in [9.17, 15) is 0 Å². The third kappa shape index (κ3) is 3.64. The average Bonchev–Trinajstić information content (AvgIpc) is 3.00. The fourth-order valence-corrected chi connectivity index (χ4v) is 2.92. The molecule has 0 amide bonds. The minimum Gasteiger partial charge on any atom is -0.497 e. The van der Waals surface area contributed by atoms with Gasteiger partial charge in [0, 0.05) is 15.6 Å². The third-order valence-electron chi connectivity index (χ3n) is 3.51. The van der Waals surface area contributed by atoms with Gasteiger partial charge in [0.05, 0.1) is 20.4 Å². The zero-order chi connectivity index (χ0) is 17.8. The van der Waals surface area contributed by atoms with Crippen LogP contribution in [0.25, 0.3) is 11.4 Å². The zero-order valence-corrected chi connectivity index (χ0v) is 16.0. The van der Waals surface area contributed by atoms with E-state index in [1.54, 1.807) is 25.1 Å². The van der Waals surface area contributed by atoms with E-state index in [1.165, 1.54) is 0 Å². The maximum Gasteiger partial charge on any atom is 0.216 e. The molecule has 0 radical (unpaired) electrons. The van der Waals surface area contributed by atoms with Crippen molar-refractivity contribution in [2.45, 2.75) is 0 Å². The topological polar surface area (TPSA) is 64.4 Å². The Kier molecular flexibility index (Phi) is 5.30. The number of hydrogen-bond acceptors (Lipinski definition) is 5. The van der Waals surface area contributed by atoms with Gasteiger partial charge >= 0.3 is 0 Å². The molecular weight excluding hydrogens is 404 g/mol. The summed E-state index contributed by atoms with van der Waals surface area (Å²) in [6, 6.07) is 13.2. The van der Waals surface area contributed by atoms with Crippen LogP contribution in [0.15, 0.2) is 52.0 Å². The van der Waals surface area contributed by atoms with Crippen LogP contribution in [0.3, 0.4) is 0 Å². The van der Waals surface area contributed by atoms with Crippen LogP contribution in [-0.4, -0.2) is 35.3 Å². The summed E-state index contributed by atoms with van der Waals surface area (Å²) >= 11 is 8.83. The highest BCUT2D eigenvalue weighted by atomic mass is 79.9. The number of nitrogens with one attached hydrogen (secondary N) is 1. The molecule has 1 heterocycles. The van der Waals surface area contributed by atoms with Gasteiger partial charge in [0.15, 0.2) is 5.82 Å². The van der Waals surface area contributed by atoms with Gasteiger partial charge in [-0.15, -0.1) is 0 Å². The lowest BCUT2D eigenvalue weighted by atomic mass is 10.2. The maximum absolute atomic E-state index is 5.37. The summed E-state index contributed by atoms with van der Waals surface area (Å²) < 4.78 is 13.5. The molecule has 0 bridgehead atoms. The molecule has 128 valence electrons. The number of ether oxygens (including phenoxy) is 2. The minimum absolute atomic E-state index is 0.392. The van der Waals surface area contributed by atoms with E-state index < -0.39 is 0 Å². The molecule has 0 unspecified atom stereocenters. The number of aromatic nitrogens is 3. The quantitative estimate of drug-likeness (QED) is 0.496. The van der Waals surface area contributed by atoms with E-state index in [1.807, 2.05) is 42.5 Å². The number of nitrogens with zero attached hydrogens (tertiary/aromatic N) is 3. The summed E-state index contributed by atoms with van der Waals surface area (Å²) in [6.45, 7) is 0. The van der Waals surface area contributed by atoms with E-state index in [4.69, 9.17) is 21.7 Å². The smallest absolute Gasteiger partial charge is 0.216 e. The molecule has 1 aromatic heterocycles. The summed E-state index contributed by atoms with van der Waals surface area (Å²) in [5.74, 6) is 2.00. The number of halogens is 1. The van der Waals surface area contributed by atoms with E-state index in [0.717, 1.165) is 15.6 Å². The molecule has 3 rings (SSSR count). The lowest BCUT2D eigenvalue weighted by Gasteiger charge is -2.07. The van der Waals surface area contributed by atoms with Crippen molar-refractivity contribution in [3.05, 3.63) is 57.3 Å². The number of methoxy groups -OCH3 is 2. The average molecular weight is 419 g/mol. The Morgan fingerprint density at radius 1 is 1.20 bits per heavy atom. The first-order valence-corrected chi connectivity index (χ1v) is 8.53. The second kappa shape index (κ2) is 7.62. The third-order valence-corrected chi connectivity index (χ3v) is 4.47. The molecule has 0 atom stereocenters. The Labute approximate surface area is 158 Å². The molecule has 0 spiro atoms. The summed E-state index contributed by atoms with van der Waals surface area (Å²) in [5, 5.41) is 11.5. The van der Waals surface area contributed by atoms with E-state index in [0.29, 0.717) is 22.1 Å². The van der Waals surface area contributed by atoms with Crippen LogP contribution in [0.5, 0.6) is 11.5 Å². The Morgan fingerprint density at radius 2 is 2.00 bits per heavy atom. The van der Waals surface area contributed by atoms with Gasteiger partial charge in [0.25, 0.3) is 0 Å². The van der Waals surface area contributed by atoms with E-state index in [-0.39, 0.29) is 0 Å². The molecule has 0 aliphatic carbocycles. The Hall–Kier alpha value is -2.45. The van der Waals surface area contributed by atoms with Crippen molar-refractivity contribution < 1.29 is 9.47 Å².